The number of hydrogen-bond donors (Lipinski definition) is 1. The van der Waals surface area contributed by atoms with Crippen LogP contribution in [0.4, 0.5) is 0 Å². The summed E-state index contributed by atoms with van der Waals surface area (Å²) in [5.74, 6) is -0.277. The van der Waals surface area contributed by atoms with E-state index >= 15 is 0 Å². The molecule has 1 aromatic heterocycles. The molecule has 2 unspecified atom stereocenters. The Morgan fingerprint density at radius 2 is 1.77 bits per heavy atom. The molecule has 5 nitrogen and oxygen atoms in total. The van der Waals surface area contributed by atoms with Gasteiger partial charge in [-0.1, -0.05) is 54.6 Å². The van der Waals surface area contributed by atoms with Gasteiger partial charge >= 0.3 is 0 Å². The first-order chi connectivity index (χ1) is 14.4. The number of fused-ring (bicyclic) bond motifs is 1. The van der Waals surface area contributed by atoms with E-state index in [1.165, 1.54) is 15.6 Å². The number of thiophene rings is 1. The van der Waals surface area contributed by atoms with Crippen LogP contribution in [0.25, 0.3) is 0 Å². The average Bonchev–Trinajstić information content (AvgIpc) is 3.29. The molecule has 30 heavy (non-hydrogen) atoms. The summed E-state index contributed by atoms with van der Waals surface area (Å²) in [6.45, 7) is 4.12. The number of sulfonamides is 1. The topological polar surface area (TPSA) is 66.5 Å². The first-order valence-electron chi connectivity index (χ1n) is 9.86. The fraction of sp³-hybridized carbons (Fsp3) is 0.261. The van der Waals surface area contributed by atoms with E-state index in [4.69, 9.17) is 0 Å². The molecular formula is C23H24N2O3S2. The van der Waals surface area contributed by atoms with Crippen molar-refractivity contribution in [3.05, 3.63) is 88.3 Å². The van der Waals surface area contributed by atoms with Crippen LogP contribution in [0, 0.1) is 6.92 Å². The minimum Gasteiger partial charge on any atom is -0.348 e. The lowest BCUT2D eigenvalue weighted by Gasteiger charge is -2.35. The monoisotopic (exact) mass is 440 g/mol. The lowest BCUT2D eigenvalue weighted by molar-refractivity contribution is -0.125. The zero-order valence-corrected chi connectivity index (χ0v) is 18.5. The van der Waals surface area contributed by atoms with E-state index in [1.807, 2.05) is 62.4 Å². The van der Waals surface area contributed by atoms with Gasteiger partial charge in [-0.05, 0) is 54.0 Å². The summed E-state index contributed by atoms with van der Waals surface area (Å²) in [4.78, 5) is 13.3. The Morgan fingerprint density at radius 3 is 2.47 bits per heavy atom. The third-order valence-corrected chi connectivity index (χ3v) is 8.81. The molecule has 1 aliphatic rings. The highest BCUT2D eigenvalue weighted by molar-refractivity contribution is 7.91. The van der Waals surface area contributed by atoms with Gasteiger partial charge in [-0.15, -0.1) is 11.3 Å². The van der Waals surface area contributed by atoms with Gasteiger partial charge in [0.2, 0.25) is 5.91 Å². The molecule has 156 valence electrons. The van der Waals surface area contributed by atoms with Gasteiger partial charge < -0.3 is 5.32 Å². The van der Waals surface area contributed by atoms with Crippen LogP contribution in [0.15, 0.2) is 70.3 Å². The standard InChI is InChI=1S/C23H24N2O3S2/c1-16-8-3-6-11-20(16)17(2)24-23(26)21-14-18-9-4-5-10-19(18)15-25(21)30(27,28)22-12-7-13-29-22/h3-13,17,21H,14-15H2,1-2H3,(H,24,26). The normalized spacial score (nSPS) is 17.9. The van der Waals surface area contributed by atoms with Crippen LogP contribution in [-0.4, -0.2) is 24.7 Å². The van der Waals surface area contributed by atoms with Crippen molar-refractivity contribution in [1.29, 1.82) is 0 Å². The van der Waals surface area contributed by atoms with E-state index in [1.54, 1.807) is 17.5 Å². The number of aryl methyl sites for hydroxylation is 1. The van der Waals surface area contributed by atoms with Crippen molar-refractivity contribution in [2.24, 2.45) is 0 Å². The van der Waals surface area contributed by atoms with Crippen LogP contribution in [0.2, 0.25) is 0 Å². The molecule has 0 fully saturated rings. The van der Waals surface area contributed by atoms with E-state index < -0.39 is 16.1 Å². The first-order valence-corrected chi connectivity index (χ1v) is 12.2. The van der Waals surface area contributed by atoms with Gasteiger partial charge in [-0.25, -0.2) is 8.42 Å². The summed E-state index contributed by atoms with van der Waals surface area (Å²) in [7, 11) is -3.77. The number of benzene rings is 2. The van der Waals surface area contributed by atoms with Gasteiger partial charge in [0.05, 0.1) is 6.04 Å². The van der Waals surface area contributed by atoms with Crippen molar-refractivity contribution in [2.75, 3.05) is 0 Å². The van der Waals surface area contributed by atoms with E-state index in [-0.39, 0.29) is 22.7 Å². The zero-order chi connectivity index (χ0) is 21.3. The van der Waals surface area contributed by atoms with E-state index in [9.17, 15) is 13.2 Å². The molecule has 4 rings (SSSR count). The number of amides is 1. The minimum absolute atomic E-state index is 0.188. The Labute approximate surface area is 181 Å². The highest BCUT2D eigenvalue weighted by atomic mass is 32.2. The number of carbonyl (C=O) groups excluding carboxylic acids is 1. The van der Waals surface area contributed by atoms with E-state index in [2.05, 4.69) is 5.32 Å². The lowest BCUT2D eigenvalue weighted by atomic mass is 9.95. The summed E-state index contributed by atoms with van der Waals surface area (Å²) in [5.41, 5.74) is 4.06. The summed E-state index contributed by atoms with van der Waals surface area (Å²) < 4.78 is 28.3. The predicted octanol–water partition coefficient (Wildman–Crippen LogP) is 4.05. The first kappa shape index (κ1) is 20.8. The Kier molecular flexibility index (Phi) is 5.77. The fourth-order valence-electron chi connectivity index (χ4n) is 3.96. The highest BCUT2D eigenvalue weighted by Crippen LogP contribution is 2.31. The summed E-state index contributed by atoms with van der Waals surface area (Å²) in [6.07, 6.45) is 0.354. The van der Waals surface area contributed by atoms with Gasteiger partial charge in [-0.3, -0.25) is 4.79 Å². The SMILES string of the molecule is Cc1ccccc1C(C)NC(=O)C1Cc2ccccc2CN1S(=O)(=O)c1cccs1. The third-order valence-electron chi connectivity index (χ3n) is 5.58. The molecule has 0 aliphatic carbocycles. The van der Waals surface area contributed by atoms with Crippen molar-refractivity contribution >= 4 is 27.3 Å². The molecule has 3 aromatic rings. The number of hydrogen-bond acceptors (Lipinski definition) is 4. The van der Waals surface area contributed by atoms with Gasteiger partial charge in [0.1, 0.15) is 10.3 Å². The highest BCUT2D eigenvalue weighted by Gasteiger charge is 2.40. The fourth-order valence-corrected chi connectivity index (χ4v) is 6.65. The molecule has 2 heterocycles. The molecule has 0 saturated carbocycles. The third kappa shape index (κ3) is 3.93. The quantitative estimate of drug-likeness (QED) is 0.651. The van der Waals surface area contributed by atoms with Crippen molar-refractivity contribution in [1.82, 2.24) is 9.62 Å². The smallest absolute Gasteiger partial charge is 0.253 e. The zero-order valence-electron chi connectivity index (χ0n) is 16.9. The molecular weight excluding hydrogens is 416 g/mol. The average molecular weight is 441 g/mol. The van der Waals surface area contributed by atoms with Crippen molar-refractivity contribution in [2.45, 2.75) is 43.1 Å². The Morgan fingerprint density at radius 1 is 1.07 bits per heavy atom. The van der Waals surface area contributed by atoms with Crippen LogP contribution >= 0.6 is 11.3 Å². The van der Waals surface area contributed by atoms with Crippen molar-refractivity contribution in [3.8, 4) is 0 Å². The van der Waals surface area contributed by atoms with Crippen molar-refractivity contribution in [3.63, 3.8) is 0 Å². The molecule has 0 radical (unpaired) electrons. The largest absolute Gasteiger partial charge is 0.348 e. The second-order valence-electron chi connectivity index (χ2n) is 7.56. The molecule has 1 N–H and O–H groups in total. The number of rotatable bonds is 5. The molecule has 0 bridgehead atoms. The molecule has 1 amide bonds. The van der Waals surface area contributed by atoms with Crippen LogP contribution in [0.1, 0.15) is 35.2 Å². The number of nitrogens with one attached hydrogen (secondary N) is 1. The number of nitrogens with zero attached hydrogens (tertiary/aromatic N) is 1. The van der Waals surface area contributed by atoms with Crippen molar-refractivity contribution < 1.29 is 13.2 Å². The molecule has 2 atom stereocenters. The van der Waals surface area contributed by atoms with Gasteiger partial charge in [0, 0.05) is 6.54 Å². The minimum atomic E-state index is -3.77. The second-order valence-corrected chi connectivity index (χ2v) is 10.6. The van der Waals surface area contributed by atoms with Crippen LogP contribution in [0.3, 0.4) is 0 Å². The summed E-state index contributed by atoms with van der Waals surface area (Å²) in [5, 5.41) is 4.78. The summed E-state index contributed by atoms with van der Waals surface area (Å²) >= 11 is 1.17. The van der Waals surface area contributed by atoms with E-state index in [0.29, 0.717) is 6.42 Å². The maximum Gasteiger partial charge on any atom is 0.253 e. The Hall–Kier alpha value is -2.48. The van der Waals surface area contributed by atoms with Crippen LogP contribution < -0.4 is 5.32 Å². The van der Waals surface area contributed by atoms with Gasteiger partial charge in [-0.2, -0.15) is 4.31 Å². The molecule has 0 spiro atoms. The maximum atomic E-state index is 13.3. The van der Waals surface area contributed by atoms with E-state index in [0.717, 1.165) is 22.3 Å². The number of carbonyl (C=O) groups is 1. The summed E-state index contributed by atoms with van der Waals surface area (Å²) in [6, 6.07) is 17.9. The van der Waals surface area contributed by atoms with Crippen LogP contribution in [-0.2, 0) is 27.8 Å². The molecule has 1 aliphatic heterocycles. The lowest BCUT2D eigenvalue weighted by Crippen LogP contribution is -2.52. The second kappa shape index (κ2) is 8.34. The Bertz CT molecular complexity index is 1160. The molecule has 0 saturated heterocycles. The Balaban J connectivity index is 1.66. The van der Waals surface area contributed by atoms with Gasteiger partial charge in [0.25, 0.3) is 10.0 Å². The maximum absolute atomic E-state index is 13.3. The molecule has 7 heteroatoms. The molecule has 2 aromatic carbocycles. The van der Waals surface area contributed by atoms with Crippen LogP contribution in [0.5, 0.6) is 0 Å². The van der Waals surface area contributed by atoms with Gasteiger partial charge in [0.15, 0.2) is 0 Å². The predicted molar refractivity (Wildman–Crippen MR) is 119 cm³/mol.